The number of rotatable bonds is 5. The number of benzene rings is 2. The summed E-state index contributed by atoms with van der Waals surface area (Å²) in [6, 6.07) is 12.0. The van der Waals surface area contributed by atoms with Gasteiger partial charge in [-0.3, -0.25) is 14.7 Å². The number of aromatic nitrogens is 1. The van der Waals surface area contributed by atoms with Gasteiger partial charge in [0.15, 0.2) is 0 Å². The molecule has 0 bridgehead atoms. The zero-order valence-electron chi connectivity index (χ0n) is 20.9. The van der Waals surface area contributed by atoms with E-state index in [9.17, 15) is 31.1 Å². The maximum atomic E-state index is 13.5. The number of carbonyl (C=O) groups excluding carboxylic acids is 1. The molecule has 1 aliphatic heterocycles. The van der Waals surface area contributed by atoms with E-state index < -0.39 is 41.0 Å². The third-order valence-corrected chi connectivity index (χ3v) is 6.82. The molecule has 0 unspecified atom stereocenters. The highest BCUT2D eigenvalue weighted by Gasteiger charge is 2.39. The summed E-state index contributed by atoms with van der Waals surface area (Å²) < 4.78 is 80.6. The third kappa shape index (κ3) is 6.53. The maximum Gasteiger partial charge on any atom is 0.416 e. The Hall–Kier alpha value is -3.40. The second-order valence-corrected chi connectivity index (χ2v) is 9.63. The van der Waals surface area contributed by atoms with Gasteiger partial charge in [0.1, 0.15) is 0 Å². The highest BCUT2D eigenvalue weighted by Crippen LogP contribution is 2.37. The van der Waals surface area contributed by atoms with Gasteiger partial charge < -0.3 is 4.90 Å². The van der Waals surface area contributed by atoms with Gasteiger partial charge in [-0.1, -0.05) is 24.3 Å². The Labute approximate surface area is 216 Å². The monoisotopic (exact) mass is 535 g/mol. The average Bonchev–Trinajstić information content (AvgIpc) is 2.85. The fourth-order valence-electron chi connectivity index (χ4n) is 4.67. The third-order valence-electron chi connectivity index (χ3n) is 6.82. The molecule has 1 amide bonds. The largest absolute Gasteiger partial charge is 0.416 e. The molecule has 0 spiro atoms. The Bertz CT molecular complexity index is 1260. The number of pyridine rings is 1. The molecule has 0 radical (unpaired) electrons. The van der Waals surface area contributed by atoms with E-state index in [1.165, 1.54) is 4.90 Å². The smallest absolute Gasteiger partial charge is 0.333 e. The molecule has 1 fully saturated rings. The number of aryl methyl sites for hydroxylation is 2. The first-order valence-electron chi connectivity index (χ1n) is 12.1. The molecule has 1 aromatic heterocycles. The Morgan fingerprint density at radius 2 is 1.58 bits per heavy atom. The number of halogens is 6. The van der Waals surface area contributed by atoms with Crippen molar-refractivity contribution in [3.05, 3.63) is 99.9 Å². The normalized spacial score (nSPS) is 17.1. The van der Waals surface area contributed by atoms with Crippen LogP contribution in [-0.2, 0) is 25.3 Å². The van der Waals surface area contributed by atoms with Gasteiger partial charge in [0.2, 0.25) is 0 Å². The lowest BCUT2D eigenvalue weighted by molar-refractivity contribution is -0.143. The van der Waals surface area contributed by atoms with Crippen LogP contribution < -0.4 is 0 Å². The molecule has 1 atom stereocenters. The van der Waals surface area contributed by atoms with Crippen LogP contribution in [0.15, 0.2) is 60.8 Å². The van der Waals surface area contributed by atoms with Crippen LogP contribution in [0.1, 0.15) is 43.9 Å². The minimum Gasteiger partial charge on any atom is -0.333 e. The topological polar surface area (TPSA) is 36.4 Å². The van der Waals surface area contributed by atoms with Crippen molar-refractivity contribution in [2.75, 3.05) is 19.6 Å². The molecule has 0 saturated carbocycles. The number of hydrogen-bond donors (Lipinski definition) is 0. The predicted molar refractivity (Wildman–Crippen MR) is 130 cm³/mol. The second kappa shape index (κ2) is 10.8. The summed E-state index contributed by atoms with van der Waals surface area (Å²) in [7, 11) is 0. The number of amides is 1. The standard InChI is InChI=1S/C28H27F6N3O/c1-18-6-7-20(11-19(18)2)12-25-17-36(16-24-5-3-4-8-35-24)9-10-37(25)26(38)21-13-22(27(29,30)31)15-23(14-21)28(32,33)34/h3-8,11,13-15,25H,9-10,12,16-17H2,1-2H3/t25-/m1/s1. The van der Waals surface area contributed by atoms with Gasteiger partial charge in [-0.25, -0.2) is 0 Å². The van der Waals surface area contributed by atoms with Crippen molar-refractivity contribution in [2.24, 2.45) is 0 Å². The van der Waals surface area contributed by atoms with Crippen molar-refractivity contribution in [1.82, 2.24) is 14.8 Å². The van der Waals surface area contributed by atoms with Gasteiger partial charge in [-0.15, -0.1) is 0 Å². The van der Waals surface area contributed by atoms with Crippen LogP contribution in [-0.4, -0.2) is 46.4 Å². The fraction of sp³-hybridized carbons (Fsp3) is 0.357. The molecule has 4 rings (SSSR count). The first-order valence-corrected chi connectivity index (χ1v) is 12.1. The van der Waals surface area contributed by atoms with Crippen molar-refractivity contribution in [3.8, 4) is 0 Å². The lowest BCUT2D eigenvalue weighted by Gasteiger charge is -2.41. The molecule has 1 saturated heterocycles. The summed E-state index contributed by atoms with van der Waals surface area (Å²) in [6.45, 7) is 5.37. The Balaban J connectivity index is 1.67. The minimum absolute atomic E-state index is 0.0359. The zero-order valence-corrected chi connectivity index (χ0v) is 20.9. The highest BCUT2D eigenvalue weighted by molar-refractivity contribution is 5.95. The van der Waals surface area contributed by atoms with Crippen LogP contribution in [0.2, 0.25) is 0 Å². The van der Waals surface area contributed by atoms with E-state index in [4.69, 9.17) is 0 Å². The van der Waals surface area contributed by atoms with Crippen LogP contribution >= 0.6 is 0 Å². The number of nitrogens with zero attached hydrogens (tertiary/aromatic N) is 3. The number of hydrogen-bond acceptors (Lipinski definition) is 3. The predicted octanol–water partition coefficient (Wildman–Crippen LogP) is 6.31. The average molecular weight is 536 g/mol. The van der Waals surface area contributed by atoms with Gasteiger partial charge in [0.05, 0.1) is 16.8 Å². The Kier molecular flexibility index (Phi) is 7.83. The minimum atomic E-state index is -5.03. The van der Waals surface area contributed by atoms with Crippen molar-refractivity contribution in [2.45, 2.75) is 45.2 Å². The van der Waals surface area contributed by atoms with E-state index in [0.717, 1.165) is 22.4 Å². The van der Waals surface area contributed by atoms with Gasteiger partial charge in [0.25, 0.3) is 5.91 Å². The first-order chi connectivity index (χ1) is 17.8. The number of piperazine rings is 1. The lowest BCUT2D eigenvalue weighted by Crippen LogP contribution is -2.55. The van der Waals surface area contributed by atoms with E-state index >= 15 is 0 Å². The van der Waals surface area contributed by atoms with Crippen LogP contribution in [0, 0.1) is 13.8 Å². The van der Waals surface area contributed by atoms with Crippen molar-refractivity contribution in [1.29, 1.82) is 0 Å². The maximum absolute atomic E-state index is 13.5. The first kappa shape index (κ1) is 27.6. The number of carbonyl (C=O) groups is 1. The van der Waals surface area contributed by atoms with Gasteiger partial charge in [-0.05, 0) is 67.3 Å². The molecule has 10 heteroatoms. The number of alkyl halides is 6. The van der Waals surface area contributed by atoms with E-state index in [1.807, 2.05) is 44.2 Å². The second-order valence-electron chi connectivity index (χ2n) is 9.63. The molecule has 0 N–H and O–H groups in total. The van der Waals surface area contributed by atoms with Crippen molar-refractivity contribution < 1.29 is 31.1 Å². The molecule has 2 heterocycles. The Morgan fingerprint density at radius 3 is 2.16 bits per heavy atom. The molecule has 3 aromatic rings. The fourth-order valence-corrected chi connectivity index (χ4v) is 4.67. The van der Waals surface area contributed by atoms with Crippen molar-refractivity contribution in [3.63, 3.8) is 0 Å². The van der Waals surface area contributed by atoms with E-state index in [0.29, 0.717) is 38.2 Å². The van der Waals surface area contributed by atoms with Crippen LogP contribution in [0.3, 0.4) is 0 Å². The summed E-state index contributed by atoms with van der Waals surface area (Å²) in [5.41, 5.74) is 0.251. The van der Waals surface area contributed by atoms with Crippen LogP contribution in [0.4, 0.5) is 26.3 Å². The molecule has 2 aromatic carbocycles. The van der Waals surface area contributed by atoms with Gasteiger partial charge in [0, 0.05) is 44.0 Å². The van der Waals surface area contributed by atoms with Crippen LogP contribution in [0.5, 0.6) is 0 Å². The highest BCUT2D eigenvalue weighted by atomic mass is 19.4. The van der Waals surface area contributed by atoms with Gasteiger partial charge in [-0.2, -0.15) is 26.3 Å². The van der Waals surface area contributed by atoms with E-state index in [2.05, 4.69) is 9.88 Å². The molecule has 38 heavy (non-hydrogen) atoms. The summed E-state index contributed by atoms with van der Waals surface area (Å²) >= 11 is 0. The molecule has 4 nitrogen and oxygen atoms in total. The zero-order chi connectivity index (χ0) is 27.7. The summed E-state index contributed by atoms with van der Waals surface area (Å²) in [4.78, 5) is 21.3. The Morgan fingerprint density at radius 1 is 0.895 bits per heavy atom. The summed E-state index contributed by atoms with van der Waals surface area (Å²) in [6.07, 6.45) is -7.99. The van der Waals surface area contributed by atoms with E-state index in [-0.39, 0.29) is 12.6 Å². The van der Waals surface area contributed by atoms with E-state index in [1.54, 1.807) is 12.3 Å². The molecular formula is C28H27F6N3O. The molecule has 0 aliphatic carbocycles. The molecular weight excluding hydrogens is 508 g/mol. The lowest BCUT2D eigenvalue weighted by atomic mass is 9.97. The molecule has 1 aliphatic rings. The van der Waals surface area contributed by atoms with Gasteiger partial charge >= 0.3 is 12.4 Å². The molecule has 202 valence electrons. The quantitative estimate of drug-likeness (QED) is 0.360. The summed E-state index contributed by atoms with van der Waals surface area (Å²) in [5, 5.41) is 0. The summed E-state index contributed by atoms with van der Waals surface area (Å²) in [5.74, 6) is -0.854. The SMILES string of the molecule is Cc1ccc(C[C@@H]2CN(Cc3ccccn3)CCN2C(=O)c2cc(C(F)(F)F)cc(C(F)(F)F)c2)cc1C. The van der Waals surface area contributed by atoms with Crippen LogP contribution in [0.25, 0.3) is 0 Å². The van der Waals surface area contributed by atoms with Crippen molar-refractivity contribution >= 4 is 5.91 Å².